The van der Waals surface area contributed by atoms with Crippen molar-refractivity contribution in [1.29, 1.82) is 0 Å². The molecular weight excluding hydrogens is 331 g/mol. The lowest BCUT2D eigenvalue weighted by atomic mass is 10.0. The summed E-state index contributed by atoms with van der Waals surface area (Å²) in [7, 11) is 0. The normalized spacial score (nSPS) is 15.8. The Morgan fingerprint density at radius 3 is 2.52 bits per heavy atom. The molecule has 112 valence electrons. The number of hydrogen-bond acceptors (Lipinski definition) is 2. The van der Waals surface area contributed by atoms with Crippen LogP contribution in [0.2, 0.25) is 15.2 Å². The lowest BCUT2D eigenvalue weighted by molar-refractivity contribution is 0.280. The first-order valence-corrected chi connectivity index (χ1v) is 8.08. The Kier molecular flexibility index (Phi) is 4.46. The summed E-state index contributed by atoms with van der Waals surface area (Å²) >= 11 is 18.6. The zero-order valence-electron chi connectivity index (χ0n) is 11.3. The molecule has 0 aliphatic heterocycles. The Balaban J connectivity index is 2.10. The van der Waals surface area contributed by atoms with E-state index in [1.165, 1.54) is 12.8 Å². The number of rotatable bonds is 3. The second-order valence-electron chi connectivity index (χ2n) is 5.30. The van der Waals surface area contributed by atoms with Crippen molar-refractivity contribution in [2.45, 2.75) is 38.2 Å². The van der Waals surface area contributed by atoms with Crippen LogP contribution in [0.15, 0.2) is 18.2 Å². The molecule has 0 bridgehead atoms. The van der Waals surface area contributed by atoms with Gasteiger partial charge in [0.05, 0.1) is 23.0 Å². The molecule has 1 aromatic carbocycles. The average Bonchev–Trinajstić information content (AvgIpc) is 3.07. The largest absolute Gasteiger partial charge is 0.391 e. The van der Waals surface area contributed by atoms with E-state index in [1.54, 1.807) is 22.9 Å². The van der Waals surface area contributed by atoms with Gasteiger partial charge in [0.2, 0.25) is 0 Å². The molecule has 2 aromatic rings. The molecule has 3 nitrogen and oxygen atoms in total. The van der Waals surface area contributed by atoms with Crippen molar-refractivity contribution in [3.63, 3.8) is 0 Å². The monoisotopic (exact) mass is 344 g/mol. The van der Waals surface area contributed by atoms with E-state index in [4.69, 9.17) is 34.8 Å². The summed E-state index contributed by atoms with van der Waals surface area (Å²) in [5, 5.41) is 15.7. The van der Waals surface area contributed by atoms with Gasteiger partial charge in [-0.15, -0.1) is 0 Å². The highest BCUT2D eigenvalue weighted by molar-refractivity contribution is 6.36. The Morgan fingerprint density at radius 2 is 1.90 bits per heavy atom. The van der Waals surface area contributed by atoms with Crippen molar-refractivity contribution >= 4 is 34.8 Å². The molecule has 0 saturated heterocycles. The zero-order valence-corrected chi connectivity index (χ0v) is 13.6. The maximum atomic E-state index is 9.64. The first-order chi connectivity index (χ1) is 10.1. The lowest BCUT2D eigenvalue weighted by Gasteiger charge is -2.07. The molecule has 21 heavy (non-hydrogen) atoms. The molecule has 1 saturated carbocycles. The molecule has 1 aliphatic carbocycles. The van der Waals surface area contributed by atoms with E-state index in [-0.39, 0.29) is 6.61 Å². The summed E-state index contributed by atoms with van der Waals surface area (Å²) in [5.41, 5.74) is 2.27. The van der Waals surface area contributed by atoms with Crippen LogP contribution in [0.5, 0.6) is 0 Å². The summed E-state index contributed by atoms with van der Waals surface area (Å²) in [6.07, 6.45) is 4.58. The Hall–Kier alpha value is -0.740. The molecule has 3 rings (SSSR count). The maximum Gasteiger partial charge on any atom is 0.138 e. The van der Waals surface area contributed by atoms with Crippen LogP contribution in [0.3, 0.4) is 0 Å². The maximum absolute atomic E-state index is 9.64. The summed E-state index contributed by atoms with van der Waals surface area (Å²) in [4.78, 5) is 0. The number of hydrogen-bond donors (Lipinski definition) is 1. The number of benzene rings is 1. The van der Waals surface area contributed by atoms with Crippen molar-refractivity contribution in [3.05, 3.63) is 44.7 Å². The van der Waals surface area contributed by atoms with E-state index >= 15 is 0 Å². The smallest absolute Gasteiger partial charge is 0.138 e. The van der Waals surface area contributed by atoms with Crippen LogP contribution < -0.4 is 0 Å². The van der Waals surface area contributed by atoms with Crippen LogP contribution in [0.1, 0.15) is 42.9 Å². The van der Waals surface area contributed by atoms with Crippen molar-refractivity contribution < 1.29 is 5.11 Å². The third-order valence-electron chi connectivity index (χ3n) is 3.99. The van der Waals surface area contributed by atoms with Gasteiger partial charge in [0.15, 0.2) is 0 Å². The summed E-state index contributed by atoms with van der Waals surface area (Å²) in [6, 6.07) is 5.18. The Labute approximate surface area is 138 Å². The molecule has 1 N–H and O–H groups in total. The van der Waals surface area contributed by atoms with Gasteiger partial charge in [-0.3, -0.25) is 0 Å². The second-order valence-corrected chi connectivity index (χ2v) is 6.50. The van der Waals surface area contributed by atoms with Gasteiger partial charge >= 0.3 is 0 Å². The average molecular weight is 346 g/mol. The zero-order chi connectivity index (χ0) is 15.0. The third kappa shape index (κ3) is 2.80. The molecular formula is C15H15Cl3N2O. The number of aliphatic hydroxyl groups excluding tert-OH is 1. The van der Waals surface area contributed by atoms with E-state index in [0.717, 1.165) is 18.5 Å². The standard InChI is InChI=1S/C15H15Cl3N2O/c16-10-5-6-13(12(17)7-10)20-15(18)11(8-21)14(19-20)9-3-1-2-4-9/h5-7,9,21H,1-4,8H2. The van der Waals surface area contributed by atoms with Crippen molar-refractivity contribution in [1.82, 2.24) is 9.78 Å². The molecule has 1 heterocycles. The van der Waals surface area contributed by atoms with Crippen LogP contribution in [-0.2, 0) is 6.61 Å². The minimum Gasteiger partial charge on any atom is -0.391 e. The van der Waals surface area contributed by atoms with Crippen LogP contribution in [-0.4, -0.2) is 14.9 Å². The van der Waals surface area contributed by atoms with Gasteiger partial charge < -0.3 is 5.11 Å². The summed E-state index contributed by atoms with van der Waals surface area (Å²) in [6.45, 7) is -0.115. The fraction of sp³-hybridized carbons (Fsp3) is 0.400. The van der Waals surface area contributed by atoms with E-state index in [9.17, 15) is 5.11 Å². The minimum atomic E-state index is -0.115. The quantitative estimate of drug-likeness (QED) is 0.851. The van der Waals surface area contributed by atoms with Crippen LogP contribution in [0.4, 0.5) is 0 Å². The molecule has 0 radical (unpaired) electrons. The van der Waals surface area contributed by atoms with E-state index in [2.05, 4.69) is 5.10 Å². The van der Waals surface area contributed by atoms with Crippen LogP contribution in [0, 0.1) is 0 Å². The van der Waals surface area contributed by atoms with Gasteiger partial charge in [-0.2, -0.15) is 5.10 Å². The molecule has 6 heteroatoms. The minimum absolute atomic E-state index is 0.115. The Morgan fingerprint density at radius 1 is 1.19 bits per heavy atom. The lowest BCUT2D eigenvalue weighted by Crippen LogP contribution is -2.00. The van der Waals surface area contributed by atoms with Crippen molar-refractivity contribution in [2.24, 2.45) is 0 Å². The van der Waals surface area contributed by atoms with E-state index in [0.29, 0.717) is 32.4 Å². The highest BCUT2D eigenvalue weighted by atomic mass is 35.5. The topological polar surface area (TPSA) is 38.1 Å². The number of aliphatic hydroxyl groups is 1. The van der Waals surface area contributed by atoms with Gasteiger partial charge in [-0.1, -0.05) is 47.6 Å². The second kappa shape index (κ2) is 6.17. The molecule has 1 fully saturated rings. The van der Waals surface area contributed by atoms with Crippen LogP contribution >= 0.6 is 34.8 Å². The predicted octanol–water partition coefficient (Wildman–Crippen LogP) is 4.98. The molecule has 0 amide bonds. The number of nitrogens with zero attached hydrogens (tertiary/aromatic N) is 2. The highest BCUT2D eigenvalue weighted by Gasteiger charge is 2.26. The SMILES string of the molecule is OCc1c(C2CCCC2)nn(-c2ccc(Cl)cc2Cl)c1Cl. The molecule has 1 aromatic heterocycles. The first-order valence-electron chi connectivity index (χ1n) is 6.95. The van der Waals surface area contributed by atoms with E-state index < -0.39 is 0 Å². The summed E-state index contributed by atoms with van der Waals surface area (Å²) < 4.78 is 1.60. The third-order valence-corrected chi connectivity index (χ3v) is 4.92. The van der Waals surface area contributed by atoms with Gasteiger partial charge in [-0.05, 0) is 31.0 Å². The summed E-state index contributed by atoms with van der Waals surface area (Å²) in [5.74, 6) is 0.372. The van der Waals surface area contributed by atoms with Crippen molar-refractivity contribution in [2.75, 3.05) is 0 Å². The van der Waals surface area contributed by atoms with Crippen LogP contribution in [0.25, 0.3) is 5.69 Å². The highest BCUT2D eigenvalue weighted by Crippen LogP contribution is 2.38. The van der Waals surface area contributed by atoms with Gasteiger partial charge in [0.25, 0.3) is 0 Å². The van der Waals surface area contributed by atoms with E-state index in [1.807, 2.05) is 0 Å². The number of aromatic nitrogens is 2. The Bertz CT molecular complexity index is 663. The fourth-order valence-electron chi connectivity index (χ4n) is 2.93. The molecule has 0 atom stereocenters. The molecule has 1 aliphatic rings. The molecule has 0 unspecified atom stereocenters. The predicted molar refractivity (Wildman–Crippen MR) is 85.7 cm³/mol. The fourth-order valence-corrected chi connectivity index (χ4v) is 3.71. The van der Waals surface area contributed by atoms with Gasteiger partial charge in [0.1, 0.15) is 5.15 Å². The van der Waals surface area contributed by atoms with Gasteiger partial charge in [-0.25, -0.2) is 4.68 Å². The van der Waals surface area contributed by atoms with Crippen molar-refractivity contribution in [3.8, 4) is 5.69 Å². The first kappa shape index (κ1) is 15.2. The molecule has 0 spiro atoms. The number of halogens is 3. The van der Waals surface area contributed by atoms with Gasteiger partial charge in [0, 0.05) is 16.5 Å².